The molecule has 0 aromatic rings. The summed E-state index contributed by atoms with van der Waals surface area (Å²) in [5.41, 5.74) is 0. The van der Waals surface area contributed by atoms with Crippen molar-refractivity contribution in [2.24, 2.45) is 0 Å². The molecule has 1 amide bonds. The normalized spacial score (nSPS) is 10.2. The highest BCUT2D eigenvalue weighted by Gasteiger charge is 1.85. The molecule has 0 aliphatic heterocycles. The Morgan fingerprint density at radius 1 is 1.70 bits per heavy atom. The number of allylic oxidation sites excluding steroid dienone is 1. The van der Waals surface area contributed by atoms with Crippen molar-refractivity contribution < 1.29 is 4.79 Å². The van der Waals surface area contributed by atoms with Crippen molar-refractivity contribution in [1.29, 1.82) is 0 Å². The molecule has 0 aliphatic carbocycles. The fourth-order valence-corrected chi connectivity index (χ4v) is 0.657. The standard InChI is InChI=1S/C7H14NOP/c1-2-3-4-5-6-7(9)8-10/h5-6H,2-4,10H2,1H3,(H,8,9)/b6-5+. The maximum atomic E-state index is 10.6. The van der Waals surface area contributed by atoms with Crippen LogP contribution in [0.15, 0.2) is 12.2 Å². The second-order valence-electron chi connectivity index (χ2n) is 2.05. The van der Waals surface area contributed by atoms with Gasteiger partial charge in [0.15, 0.2) is 0 Å². The zero-order valence-corrected chi connectivity index (χ0v) is 7.42. The molecule has 1 atom stereocenters. The number of amides is 1. The lowest BCUT2D eigenvalue weighted by Gasteiger charge is -1.89. The van der Waals surface area contributed by atoms with Crippen LogP contribution in [0.5, 0.6) is 0 Å². The number of rotatable bonds is 4. The minimum absolute atomic E-state index is 0.0545. The fourth-order valence-electron chi connectivity index (χ4n) is 0.560. The first-order valence-electron chi connectivity index (χ1n) is 3.48. The summed E-state index contributed by atoms with van der Waals surface area (Å²) in [4.78, 5) is 10.6. The Morgan fingerprint density at radius 2 is 2.40 bits per heavy atom. The summed E-state index contributed by atoms with van der Waals surface area (Å²) < 4.78 is 0. The van der Waals surface area contributed by atoms with Crippen LogP contribution in [-0.2, 0) is 4.79 Å². The van der Waals surface area contributed by atoms with E-state index in [2.05, 4.69) is 21.4 Å². The Bertz CT molecular complexity index is 123. The molecule has 58 valence electrons. The first-order valence-corrected chi connectivity index (χ1v) is 4.06. The molecule has 1 unspecified atom stereocenters. The van der Waals surface area contributed by atoms with Gasteiger partial charge in [0.05, 0.1) is 0 Å². The minimum Gasteiger partial charge on any atom is -0.337 e. The Labute approximate surface area is 64.3 Å². The maximum Gasteiger partial charge on any atom is 0.246 e. The third kappa shape index (κ3) is 5.77. The summed E-state index contributed by atoms with van der Waals surface area (Å²) in [6.07, 6.45) is 6.77. The van der Waals surface area contributed by atoms with Crippen molar-refractivity contribution in [3.05, 3.63) is 12.2 Å². The van der Waals surface area contributed by atoms with Gasteiger partial charge >= 0.3 is 0 Å². The van der Waals surface area contributed by atoms with Crippen LogP contribution in [-0.4, -0.2) is 5.91 Å². The molecule has 3 heteroatoms. The van der Waals surface area contributed by atoms with E-state index >= 15 is 0 Å². The summed E-state index contributed by atoms with van der Waals surface area (Å²) in [5, 5.41) is 2.43. The number of hydrogen-bond acceptors (Lipinski definition) is 1. The number of carbonyl (C=O) groups excluding carboxylic acids is 1. The van der Waals surface area contributed by atoms with Gasteiger partial charge in [-0.25, -0.2) is 0 Å². The molecular formula is C7H14NOP. The smallest absolute Gasteiger partial charge is 0.246 e. The second-order valence-corrected chi connectivity index (χ2v) is 2.34. The summed E-state index contributed by atoms with van der Waals surface area (Å²) in [6, 6.07) is 0. The van der Waals surface area contributed by atoms with Crippen LogP contribution in [0.3, 0.4) is 0 Å². The van der Waals surface area contributed by atoms with Crippen LogP contribution < -0.4 is 5.09 Å². The van der Waals surface area contributed by atoms with Gasteiger partial charge in [-0.15, -0.1) is 0 Å². The number of hydrogen-bond donors (Lipinski definition) is 1. The SMILES string of the molecule is CCCC/C=C/C(=O)NP. The van der Waals surface area contributed by atoms with Crippen molar-refractivity contribution in [3.63, 3.8) is 0 Å². The number of carbonyl (C=O) groups is 1. The highest BCUT2D eigenvalue weighted by molar-refractivity contribution is 7.15. The van der Waals surface area contributed by atoms with E-state index in [0.717, 1.165) is 12.8 Å². The second kappa shape index (κ2) is 6.76. The lowest BCUT2D eigenvalue weighted by atomic mass is 10.2. The summed E-state index contributed by atoms with van der Waals surface area (Å²) in [5.74, 6) is -0.0545. The van der Waals surface area contributed by atoms with Crippen LogP contribution in [0.1, 0.15) is 26.2 Å². The van der Waals surface area contributed by atoms with Gasteiger partial charge in [-0.05, 0) is 21.9 Å². The third-order valence-corrected chi connectivity index (χ3v) is 1.42. The lowest BCUT2D eigenvalue weighted by Crippen LogP contribution is -2.06. The van der Waals surface area contributed by atoms with E-state index in [1.807, 2.05) is 6.08 Å². The van der Waals surface area contributed by atoms with Gasteiger partial charge in [-0.3, -0.25) is 4.79 Å². The van der Waals surface area contributed by atoms with Crippen molar-refractivity contribution in [2.45, 2.75) is 26.2 Å². The highest BCUT2D eigenvalue weighted by Crippen LogP contribution is 1.94. The van der Waals surface area contributed by atoms with E-state index in [4.69, 9.17) is 0 Å². The number of nitrogens with one attached hydrogen (secondary N) is 1. The molecule has 10 heavy (non-hydrogen) atoms. The van der Waals surface area contributed by atoms with Crippen molar-refractivity contribution in [2.75, 3.05) is 0 Å². The van der Waals surface area contributed by atoms with Crippen LogP contribution in [0, 0.1) is 0 Å². The van der Waals surface area contributed by atoms with E-state index in [9.17, 15) is 4.79 Å². The van der Waals surface area contributed by atoms with E-state index in [-0.39, 0.29) is 5.91 Å². The predicted molar refractivity (Wildman–Crippen MR) is 46.5 cm³/mol. The molecule has 0 rings (SSSR count). The molecule has 0 aromatic heterocycles. The largest absolute Gasteiger partial charge is 0.337 e. The van der Waals surface area contributed by atoms with Gasteiger partial charge in [0.1, 0.15) is 0 Å². The maximum absolute atomic E-state index is 10.6. The lowest BCUT2D eigenvalue weighted by molar-refractivity contribution is -0.114. The summed E-state index contributed by atoms with van der Waals surface area (Å²) >= 11 is 0. The van der Waals surface area contributed by atoms with E-state index in [0.29, 0.717) is 0 Å². The van der Waals surface area contributed by atoms with Gasteiger partial charge < -0.3 is 5.09 Å². The van der Waals surface area contributed by atoms with Crippen LogP contribution in [0.2, 0.25) is 0 Å². The van der Waals surface area contributed by atoms with Gasteiger partial charge in [0.25, 0.3) is 0 Å². The predicted octanol–water partition coefficient (Wildman–Crippen LogP) is 1.64. The molecule has 0 saturated carbocycles. The molecule has 1 N–H and O–H groups in total. The van der Waals surface area contributed by atoms with Crippen molar-refractivity contribution in [3.8, 4) is 0 Å². The van der Waals surface area contributed by atoms with E-state index in [1.54, 1.807) is 6.08 Å². The molecule has 0 bridgehead atoms. The van der Waals surface area contributed by atoms with E-state index < -0.39 is 0 Å². The molecule has 0 aromatic carbocycles. The molecule has 0 fully saturated rings. The average Bonchev–Trinajstić information content (AvgIpc) is 1.98. The Morgan fingerprint density at radius 3 is 2.90 bits per heavy atom. The zero-order chi connectivity index (χ0) is 7.82. The zero-order valence-electron chi connectivity index (χ0n) is 6.26. The van der Waals surface area contributed by atoms with Crippen LogP contribution >= 0.6 is 9.39 Å². The average molecular weight is 159 g/mol. The van der Waals surface area contributed by atoms with Gasteiger partial charge in [-0.2, -0.15) is 0 Å². The first-order chi connectivity index (χ1) is 4.81. The monoisotopic (exact) mass is 159 g/mol. The molecule has 0 aliphatic rings. The topological polar surface area (TPSA) is 29.1 Å². The van der Waals surface area contributed by atoms with Gasteiger partial charge in [-0.1, -0.05) is 25.8 Å². The van der Waals surface area contributed by atoms with Crippen molar-refractivity contribution >= 4 is 15.3 Å². The molecule has 0 saturated heterocycles. The van der Waals surface area contributed by atoms with Gasteiger partial charge in [0.2, 0.25) is 5.91 Å². The highest BCUT2D eigenvalue weighted by atomic mass is 31.0. The summed E-state index contributed by atoms with van der Waals surface area (Å²) in [6.45, 7) is 2.13. The number of unbranched alkanes of at least 4 members (excludes halogenated alkanes) is 2. The molecule has 2 nitrogen and oxygen atoms in total. The minimum atomic E-state index is -0.0545. The Kier molecular flexibility index (Phi) is 6.51. The fraction of sp³-hybridized carbons (Fsp3) is 0.571. The Hall–Kier alpha value is -0.360. The molecule has 0 spiro atoms. The van der Waals surface area contributed by atoms with Crippen LogP contribution in [0.25, 0.3) is 0 Å². The third-order valence-electron chi connectivity index (χ3n) is 1.14. The molecule has 0 heterocycles. The molecule has 0 radical (unpaired) electrons. The summed E-state index contributed by atoms with van der Waals surface area (Å²) in [7, 11) is 2.17. The van der Waals surface area contributed by atoms with Gasteiger partial charge in [0, 0.05) is 0 Å². The van der Waals surface area contributed by atoms with Crippen molar-refractivity contribution in [1.82, 2.24) is 5.09 Å². The van der Waals surface area contributed by atoms with Crippen LogP contribution in [0.4, 0.5) is 0 Å². The molecular weight excluding hydrogens is 145 g/mol. The Balaban J connectivity index is 3.27. The quantitative estimate of drug-likeness (QED) is 0.377. The van der Waals surface area contributed by atoms with E-state index in [1.165, 1.54) is 6.42 Å². The first kappa shape index (κ1) is 9.64.